The molecule has 2 nitrogen and oxygen atoms in total. The van der Waals surface area contributed by atoms with Crippen LogP contribution in [-0.2, 0) is 4.79 Å². The first kappa shape index (κ1) is 9.74. The number of carbonyl (C=O) groups excluding carboxylic acids is 1. The van der Waals surface area contributed by atoms with Crippen molar-refractivity contribution in [3.05, 3.63) is 35.7 Å². The smallest absolute Gasteiger partial charge is 0.214 e. The van der Waals surface area contributed by atoms with Gasteiger partial charge in [0.25, 0.3) is 0 Å². The van der Waals surface area contributed by atoms with E-state index < -0.39 is 0 Å². The van der Waals surface area contributed by atoms with Crippen LogP contribution in [0.1, 0.15) is 6.92 Å². The number of benzene rings is 1. The summed E-state index contributed by atoms with van der Waals surface area (Å²) in [6.45, 7) is 1.31. The molecule has 68 valence electrons. The molecule has 1 aromatic heterocycles. The van der Waals surface area contributed by atoms with Crippen LogP contribution in [0.2, 0.25) is 0 Å². The molecule has 13 heavy (non-hydrogen) atoms. The Morgan fingerprint density at radius 2 is 1.92 bits per heavy atom. The van der Waals surface area contributed by atoms with Gasteiger partial charge in [-0.25, -0.2) is 0 Å². The van der Waals surface area contributed by atoms with E-state index in [9.17, 15) is 4.79 Å². The van der Waals surface area contributed by atoms with E-state index >= 15 is 0 Å². The standard InChI is InChI=1S/C8H6S.C2H5NO/c1-2-4-8-7(3-1)5-6-9-8;1-2(3)4/h1-6H;1H3,(H2,3,4). The fraction of sp³-hybridized carbons (Fsp3) is 0.100. The van der Waals surface area contributed by atoms with Gasteiger partial charge in [-0.15, -0.1) is 11.3 Å². The van der Waals surface area contributed by atoms with Crippen molar-refractivity contribution in [2.24, 2.45) is 5.73 Å². The zero-order chi connectivity index (χ0) is 9.68. The molecule has 0 fully saturated rings. The summed E-state index contributed by atoms with van der Waals surface area (Å²) in [5.74, 6) is -0.333. The van der Waals surface area contributed by atoms with Crippen molar-refractivity contribution < 1.29 is 4.79 Å². The summed E-state index contributed by atoms with van der Waals surface area (Å²) in [6, 6.07) is 10.5. The molecule has 2 N–H and O–H groups in total. The Morgan fingerprint density at radius 3 is 2.54 bits per heavy atom. The first-order chi connectivity index (χ1) is 6.20. The van der Waals surface area contributed by atoms with Crippen LogP contribution in [0.4, 0.5) is 0 Å². The van der Waals surface area contributed by atoms with E-state index in [-0.39, 0.29) is 5.91 Å². The Labute approximate surface area is 81.0 Å². The molecular weight excluding hydrogens is 182 g/mol. The van der Waals surface area contributed by atoms with Crippen molar-refractivity contribution in [1.82, 2.24) is 0 Å². The first-order valence-electron chi connectivity index (χ1n) is 3.88. The second-order valence-corrected chi connectivity index (χ2v) is 3.52. The minimum absolute atomic E-state index is 0.333. The van der Waals surface area contributed by atoms with E-state index in [1.807, 2.05) is 0 Å². The maximum absolute atomic E-state index is 9.22. The quantitative estimate of drug-likeness (QED) is 0.686. The van der Waals surface area contributed by atoms with Gasteiger partial charge in [-0.3, -0.25) is 4.79 Å². The zero-order valence-electron chi connectivity index (χ0n) is 7.36. The van der Waals surface area contributed by atoms with Gasteiger partial charge in [-0.2, -0.15) is 0 Å². The summed E-state index contributed by atoms with van der Waals surface area (Å²) in [5.41, 5.74) is 4.47. The van der Waals surface area contributed by atoms with Gasteiger partial charge in [-0.1, -0.05) is 18.2 Å². The number of thiophene rings is 1. The minimum Gasteiger partial charge on any atom is -0.370 e. The van der Waals surface area contributed by atoms with Gasteiger partial charge in [0.05, 0.1) is 0 Å². The van der Waals surface area contributed by atoms with Gasteiger partial charge >= 0.3 is 0 Å². The molecule has 1 amide bonds. The summed E-state index contributed by atoms with van der Waals surface area (Å²) in [6.07, 6.45) is 0. The number of primary amides is 1. The van der Waals surface area contributed by atoms with Crippen molar-refractivity contribution >= 4 is 27.3 Å². The molecular formula is C10H11NOS. The molecule has 0 aliphatic heterocycles. The molecule has 0 aliphatic rings. The van der Waals surface area contributed by atoms with Crippen LogP contribution in [-0.4, -0.2) is 5.91 Å². The third kappa shape index (κ3) is 3.25. The molecule has 2 aromatic rings. The van der Waals surface area contributed by atoms with Gasteiger partial charge in [0, 0.05) is 11.6 Å². The predicted octanol–water partition coefficient (Wildman–Crippen LogP) is 2.39. The van der Waals surface area contributed by atoms with Crippen LogP contribution >= 0.6 is 11.3 Å². The van der Waals surface area contributed by atoms with Crippen LogP contribution in [0.5, 0.6) is 0 Å². The lowest BCUT2D eigenvalue weighted by molar-refractivity contribution is -0.115. The lowest BCUT2D eigenvalue weighted by Crippen LogP contribution is -2.01. The topological polar surface area (TPSA) is 43.1 Å². The molecule has 0 atom stereocenters. The number of hydrogen-bond donors (Lipinski definition) is 1. The molecule has 0 spiro atoms. The summed E-state index contributed by atoms with van der Waals surface area (Å²) in [5, 5.41) is 3.47. The highest BCUT2D eigenvalue weighted by Gasteiger charge is 1.87. The predicted molar refractivity (Wildman–Crippen MR) is 56.7 cm³/mol. The molecule has 0 saturated heterocycles. The second kappa shape index (κ2) is 4.62. The molecule has 0 unspecified atom stereocenters. The Hall–Kier alpha value is -1.35. The van der Waals surface area contributed by atoms with Crippen molar-refractivity contribution in [2.45, 2.75) is 6.92 Å². The second-order valence-electron chi connectivity index (χ2n) is 2.57. The van der Waals surface area contributed by atoms with Crippen LogP contribution < -0.4 is 5.73 Å². The summed E-state index contributed by atoms with van der Waals surface area (Å²) in [4.78, 5) is 9.22. The highest BCUT2D eigenvalue weighted by atomic mass is 32.1. The van der Waals surface area contributed by atoms with Gasteiger partial charge in [0.1, 0.15) is 0 Å². The number of nitrogens with two attached hydrogens (primary N) is 1. The van der Waals surface area contributed by atoms with Crippen LogP contribution in [0.3, 0.4) is 0 Å². The highest BCUT2D eigenvalue weighted by Crippen LogP contribution is 2.18. The van der Waals surface area contributed by atoms with Gasteiger partial charge in [0.15, 0.2) is 0 Å². The number of rotatable bonds is 0. The third-order valence-electron chi connectivity index (χ3n) is 1.36. The number of hydrogen-bond acceptors (Lipinski definition) is 2. The largest absolute Gasteiger partial charge is 0.370 e. The Balaban J connectivity index is 0.000000184. The summed E-state index contributed by atoms with van der Waals surface area (Å²) >= 11 is 1.79. The molecule has 3 heteroatoms. The van der Waals surface area contributed by atoms with E-state index in [4.69, 9.17) is 0 Å². The Bertz CT molecular complexity index is 360. The van der Waals surface area contributed by atoms with Crippen LogP contribution in [0, 0.1) is 0 Å². The molecule has 0 saturated carbocycles. The summed E-state index contributed by atoms with van der Waals surface area (Å²) < 4.78 is 1.37. The van der Waals surface area contributed by atoms with E-state index in [2.05, 4.69) is 41.4 Å². The number of amides is 1. The normalized spacial score (nSPS) is 9.00. The maximum Gasteiger partial charge on any atom is 0.214 e. The van der Waals surface area contributed by atoms with Crippen molar-refractivity contribution in [2.75, 3.05) is 0 Å². The number of fused-ring (bicyclic) bond motifs is 1. The Morgan fingerprint density at radius 1 is 1.31 bits per heavy atom. The SMILES string of the molecule is CC(N)=O.c1ccc2sccc2c1. The van der Waals surface area contributed by atoms with E-state index in [0.29, 0.717) is 0 Å². The fourth-order valence-electron chi connectivity index (χ4n) is 0.906. The fourth-order valence-corrected chi connectivity index (χ4v) is 1.70. The molecule has 2 rings (SSSR count). The van der Waals surface area contributed by atoms with Crippen molar-refractivity contribution in [1.29, 1.82) is 0 Å². The molecule has 1 aromatic carbocycles. The number of carbonyl (C=O) groups is 1. The van der Waals surface area contributed by atoms with E-state index in [0.717, 1.165) is 0 Å². The lowest BCUT2D eigenvalue weighted by atomic mass is 10.3. The Kier molecular flexibility index (Phi) is 3.46. The average Bonchev–Trinajstić information content (AvgIpc) is 2.49. The van der Waals surface area contributed by atoms with Crippen LogP contribution in [0.25, 0.3) is 10.1 Å². The zero-order valence-corrected chi connectivity index (χ0v) is 8.17. The average molecular weight is 193 g/mol. The first-order valence-corrected chi connectivity index (χ1v) is 4.76. The van der Waals surface area contributed by atoms with Crippen molar-refractivity contribution in [3.8, 4) is 0 Å². The van der Waals surface area contributed by atoms with Crippen LogP contribution in [0.15, 0.2) is 35.7 Å². The maximum atomic E-state index is 9.22. The lowest BCUT2D eigenvalue weighted by Gasteiger charge is -1.82. The molecule has 0 radical (unpaired) electrons. The van der Waals surface area contributed by atoms with Gasteiger partial charge in [0.2, 0.25) is 5.91 Å². The van der Waals surface area contributed by atoms with E-state index in [1.54, 1.807) is 11.3 Å². The van der Waals surface area contributed by atoms with Gasteiger partial charge < -0.3 is 5.73 Å². The minimum atomic E-state index is -0.333. The molecule has 1 heterocycles. The molecule has 0 bridgehead atoms. The van der Waals surface area contributed by atoms with E-state index in [1.165, 1.54) is 17.0 Å². The monoisotopic (exact) mass is 193 g/mol. The third-order valence-corrected chi connectivity index (χ3v) is 2.26. The summed E-state index contributed by atoms with van der Waals surface area (Å²) in [7, 11) is 0. The van der Waals surface area contributed by atoms with Gasteiger partial charge in [-0.05, 0) is 22.9 Å². The molecule has 0 aliphatic carbocycles. The highest BCUT2D eigenvalue weighted by molar-refractivity contribution is 7.17. The van der Waals surface area contributed by atoms with Crippen molar-refractivity contribution in [3.63, 3.8) is 0 Å².